The van der Waals surface area contributed by atoms with Crippen LogP contribution < -0.4 is 10.2 Å². The maximum atomic E-state index is 13.4. The number of benzene rings is 2. The van der Waals surface area contributed by atoms with Crippen molar-refractivity contribution < 1.29 is 9.59 Å². The molecule has 0 aliphatic carbocycles. The quantitative estimate of drug-likeness (QED) is 0.307. The van der Waals surface area contributed by atoms with Crippen LogP contribution in [0.5, 0.6) is 0 Å². The number of amides is 2. The third kappa shape index (κ3) is 4.01. The van der Waals surface area contributed by atoms with Crippen molar-refractivity contribution in [3.8, 4) is 5.69 Å². The van der Waals surface area contributed by atoms with E-state index in [0.717, 1.165) is 39.3 Å². The van der Waals surface area contributed by atoms with E-state index in [0.29, 0.717) is 10.7 Å². The smallest absolute Gasteiger partial charge is 0.270 e. The van der Waals surface area contributed by atoms with E-state index in [1.807, 2.05) is 77.1 Å². The Balaban J connectivity index is 1.80. The molecular weight excluding hydrogens is 454 g/mol. The molecule has 33 heavy (non-hydrogen) atoms. The Morgan fingerprint density at radius 2 is 1.70 bits per heavy atom. The predicted octanol–water partition coefficient (Wildman–Crippen LogP) is 5.50. The van der Waals surface area contributed by atoms with Crippen LogP contribution in [-0.2, 0) is 9.59 Å². The van der Waals surface area contributed by atoms with Crippen molar-refractivity contribution in [2.24, 2.45) is 0 Å². The molecule has 0 saturated carbocycles. The molecule has 1 aliphatic rings. The standard InChI is InChI=1S/C26H24ClN3O2S/c1-14-9-10-22(15(2)11-14)30-25(32)20(24(31)28-26(30)33)13-19-12-16(3)29(18(19)5)23-8-6-7-21(27)17(23)4/h6-13H,1-5H3,(H,28,31,33)/b20-13+. The highest BCUT2D eigenvalue weighted by molar-refractivity contribution is 7.80. The van der Waals surface area contributed by atoms with Crippen molar-refractivity contribution in [3.05, 3.63) is 86.7 Å². The van der Waals surface area contributed by atoms with Gasteiger partial charge in [0.1, 0.15) is 5.57 Å². The van der Waals surface area contributed by atoms with E-state index in [4.69, 9.17) is 23.8 Å². The van der Waals surface area contributed by atoms with Crippen LogP contribution in [0.4, 0.5) is 5.69 Å². The summed E-state index contributed by atoms with van der Waals surface area (Å²) in [6.45, 7) is 9.80. The van der Waals surface area contributed by atoms with Gasteiger partial charge in [0.25, 0.3) is 11.8 Å². The van der Waals surface area contributed by atoms with E-state index in [1.165, 1.54) is 4.90 Å². The van der Waals surface area contributed by atoms with Gasteiger partial charge >= 0.3 is 0 Å². The lowest BCUT2D eigenvalue weighted by Gasteiger charge is -2.30. The Morgan fingerprint density at radius 3 is 2.39 bits per heavy atom. The van der Waals surface area contributed by atoms with Crippen LogP contribution in [0.2, 0.25) is 5.02 Å². The van der Waals surface area contributed by atoms with E-state index in [1.54, 1.807) is 6.08 Å². The summed E-state index contributed by atoms with van der Waals surface area (Å²) in [6.07, 6.45) is 1.63. The number of thiocarbonyl (C=S) groups is 1. The minimum Gasteiger partial charge on any atom is -0.318 e. The number of nitrogens with zero attached hydrogens (tertiary/aromatic N) is 2. The average molecular weight is 478 g/mol. The number of aryl methyl sites for hydroxylation is 3. The molecule has 5 nitrogen and oxygen atoms in total. The van der Waals surface area contributed by atoms with E-state index in [-0.39, 0.29) is 10.7 Å². The molecule has 0 spiro atoms. The lowest BCUT2D eigenvalue weighted by Crippen LogP contribution is -2.54. The number of halogens is 1. The first-order chi connectivity index (χ1) is 15.6. The first-order valence-corrected chi connectivity index (χ1v) is 11.3. The maximum Gasteiger partial charge on any atom is 0.270 e. The van der Waals surface area contributed by atoms with Crippen LogP contribution in [0.25, 0.3) is 11.8 Å². The number of carbonyl (C=O) groups is 2. The fourth-order valence-corrected chi connectivity index (χ4v) is 4.67. The molecule has 0 atom stereocenters. The van der Waals surface area contributed by atoms with Crippen LogP contribution in [0.3, 0.4) is 0 Å². The summed E-state index contributed by atoms with van der Waals surface area (Å²) in [6, 6.07) is 13.5. The van der Waals surface area contributed by atoms with Crippen LogP contribution in [0.1, 0.15) is 33.6 Å². The first-order valence-electron chi connectivity index (χ1n) is 10.5. The topological polar surface area (TPSA) is 54.3 Å². The summed E-state index contributed by atoms with van der Waals surface area (Å²) >= 11 is 11.7. The Labute approximate surface area is 203 Å². The fourth-order valence-electron chi connectivity index (χ4n) is 4.23. The molecule has 1 aromatic heterocycles. The highest BCUT2D eigenvalue weighted by atomic mass is 35.5. The predicted molar refractivity (Wildman–Crippen MR) is 137 cm³/mol. The molecule has 2 aromatic carbocycles. The lowest BCUT2D eigenvalue weighted by molar-refractivity contribution is -0.122. The third-order valence-corrected chi connectivity index (χ3v) is 6.64. The van der Waals surface area contributed by atoms with Gasteiger partial charge in [-0.25, -0.2) is 0 Å². The molecule has 4 rings (SSSR count). The first kappa shape index (κ1) is 23.0. The molecule has 168 valence electrons. The number of hydrogen-bond acceptors (Lipinski definition) is 3. The SMILES string of the molecule is Cc1ccc(N2C(=O)/C(=C/c3cc(C)n(-c4cccc(Cl)c4C)c3C)C(=O)NC2=S)c(C)c1. The molecule has 7 heteroatoms. The molecule has 1 fully saturated rings. The molecule has 2 heterocycles. The van der Waals surface area contributed by atoms with Crippen LogP contribution in [-0.4, -0.2) is 21.5 Å². The number of hydrogen-bond donors (Lipinski definition) is 1. The molecule has 2 amide bonds. The summed E-state index contributed by atoms with van der Waals surface area (Å²) in [5, 5.41) is 3.42. The fraction of sp³-hybridized carbons (Fsp3) is 0.192. The highest BCUT2D eigenvalue weighted by Gasteiger charge is 2.35. The van der Waals surface area contributed by atoms with Gasteiger partial charge in [-0.15, -0.1) is 0 Å². The van der Waals surface area contributed by atoms with Crippen LogP contribution >= 0.6 is 23.8 Å². The Kier molecular flexibility index (Phi) is 5.99. The van der Waals surface area contributed by atoms with E-state index >= 15 is 0 Å². The molecule has 0 bridgehead atoms. The number of aromatic nitrogens is 1. The zero-order chi connectivity index (χ0) is 24.0. The second kappa shape index (κ2) is 8.61. The third-order valence-electron chi connectivity index (χ3n) is 5.95. The van der Waals surface area contributed by atoms with Gasteiger partial charge in [-0.1, -0.05) is 35.4 Å². The summed E-state index contributed by atoms with van der Waals surface area (Å²) in [5.41, 5.74) is 7.22. The molecule has 0 unspecified atom stereocenters. The van der Waals surface area contributed by atoms with Gasteiger partial charge in [0.05, 0.1) is 5.69 Å². The van der Waals surface area contributed by atoms with Gasteiger partial charge in [0.15, 0.2) is 5.11 Å². The van der Waals surface area contributed by atoms with Crippen LogP contribution in [0, 0.1) is 34.6 Å². The summed E-state index contributed by atoms with van der Waals surface area (Å²) in [4.78, 5) is 27.6. The van der Waals surface area contributed by atoms with Crippen molar-refractivity contribution in [1.82, 2.24) is 9.88 Å². The molecule has 1 N–H and O–H groups in total. The van der Waals surface area contributed by atoms with Crippen molar-refractivity contribution in [2.75, 3.05) is 4.90 Å². The highest BCUT2D eigenvalue weighted by Crippen LogP contribution is 2.30. The summed E-state index contributed by atoms with van der Waals surface area (Å²) in [5.74, 6) is -0.950. The molecular formula is C26H24ClN3O2S. The average Bonchev–Trinajstić information content (AvgIpc) is 3.02. The number of nitrogens with one attached hydrogen (secondary N) is 1. The zero-order valence-electron chi connectivity index (χ0n) is 19.1. The van der Waals surface area contributed by atoms with Gasteiger partial charge in [-0.05, 0) is 93.9 Å². The second-order valence-corrected chi connectivity index (χ2v) is 9.09. The Morgan fingerprint density at radius 1 is 0.970 bits per heavy atom. The minimum absolute atomic E-state index is 0.0339. The van der Waals surface area contributed by atoms with E-state index in [9.17, 15) is 9.59 Å². The number of carbonyl (C=O) groups excluding carboxylic acids is 2. The Hall–Kier alpha value is -3.22. The molecule has 1 aliphatic heterocycles. The van der Waals surface area contributed by atoms with Gasteiger partial charge < -0.3 is 4.57 Å². The summed E-state index contributed by atoms with van der Waals surface area (Å²) < 4.78 is 2.07. The van der Waals surface area contributed by atoms with Crippen molar-refractivity contribution in [1.29, 1.82) is 0 Å². The molecule has 3 aromatic rings. The zero-order valence-corrected chi connectivity index (χ0v) is 20.7. The normalized spacial score (nSPS) is 15.4. The van der Waals surface area contributed by atoms with Crippen molar-refractivity contribution >= 4 is 52.5 Å². The molecule has 0 radical (unpaired) electrons. The maximum absolute atomic E-state index is 13.4. The largest absolute Gasteiger partial charge is 0.318 e. The van der Waals surface area contributed by atoms with Gasteiger partial charge in [-0.2, -0.15) is 0 Å². The Bertz CT molecular complexity index is 1370. The lowest BCUT2D eigenvalue weighted by atomic mass is 10.0. The van der Waals surface area contributed by atoms with E-state index in [2.05, 4.69) is 9.88 Å². The second-order valence-electron chi connectivity index (χ2n) is 8.29. The van der Waals surface area contributed by atoms with Crippen molar-refractivity contribution in [2.45, 2.75) is 34.6 Å². The van der Waals surface area contributed by atoms with Gasteiger partial charge in [0.2, 0.25) is 0 Å². The van der Waals surface area contributed by atoms with E-state index < -0.39 is 11.8 Å². The molecule has 1 saturated heterocycles. The number of anilines is 1. The van der Waals surface area contributed by atoms with Crippen molar-refractivity contribution in [3.63, 3.8) is 0 Å². The van der Waals surface area contributed by atoms with Crippen LogP contribution in [0.15, 0.2) is 48.0 Å². The monoisotopic (exact) mass is 477 g/mol. The summed E-state index contributed by atoms with van der Waals surface area (Å²) in [7, 11) is 0. The minimum atomic E-state index is -0.505. The van der Waals surface area contributed by atoms with Gasteiger partial charge in [0, 0.05) is 22.1 Å². The van der Waals surface area contributed by atoms with Gasteiger partial charge in [-0.3, -0.25) is 19.8 Å². The number of rotatable bonds is 3.